The summed E-state index contributed by atoms with van der Waals surface area (Å²) in [6, 6.07) is 5.98. The van der Waals surface area contributed by atoms with E-state index in [1.54, 1.807) is 18.9 Å². The lowest BCUT2D eigenvalue weighted by Crippen LogP contribution is -2.19. The van der Waals surface area contributed by atoms with Gasteiger partial charge in [-0.3, -0.25) is 4.68 Å². The van der Waals surface area contributed by atoms with Crippen molar-refractivity contribution in [2.24, 2.45) is 7.05 Å². The van der Waals surface area contributed by atoms with Crippen LogP contribution in [0.15, 0.2) is 24.4 Å². The van der Waals surface area contributed by atoms with Crippen LogP contribution in [0.3, 0.4) is 0 Å². The van der Waals surface area contributed by atoms with E-state index in [1.165, 1.54) is 0 Å². The van der Waals surface area contributed by atoms with Gasteiger partial charge in [-0.05, 0) is 24.7 Å². The number of hydrogen-bond acceptors (Lipinski definition) is 5. The highest BCUT2D eigenvalue weighted by molar-refractivity contribution is 5.40. The number of nitrogens with zero attached hydrogens (tertiary/aromatic N) is 3. The molecule has 108 valence electrons. The summed E-state index contributed by atoms with van der Waals surface area (Å²) in [7, 11) is 7.08. The van der Waals surface area contributed by atoms with Crippen LogP contribution in [0.2, 0.25) is 0 Å². The van der Waals surface area contributed by atoms with Gasteiger partial charge >= 0.3 is 0 Å². The van der Waals surface area contributed by atoms with E-state index in [9.17, 15) is 0 Å². The highest BCUT2D eigenvalue weighted by Gasteiger charge is 2.14. The van der Waals surface area contributed by atoms with Crippen LogP contribution in [-0.2, 0) is 13.5 Å². The van der Waals surface area contributed by atoms with Gasteiger partial charge in [0.05, 0.1) is 19.9 Å². The van der Waals surface area contributed by atoms with Crippen molar-refractivity contribution in [2.75, 3.05) is 21.3 Å². The minimum absolute atomic E-state index is 0.121. The molecule has 1 unspecified atom stereocenters. The quantitative estimate of drug-likeness (QED) is 0.862. The molecule has 0 aliphatic heterocycles. The predicted molar refractivity (Wildman–Crippen MR) is 76.1 cm³/mol. The molecule has 6 nitrogen and oxygen atoms in total. The number of likely N-dealkylation sites (N-methyl/N-ethyl adjacent to an activating group) is 1. The summed E-state index contributed by atoms with van der Waals surface area (Å²) in [6.07, 6.45) is 2.67. The Morgan fingerprint density at radius 1 is 1.20 bits per heavy atom. The average molecular weight is 276 g/mol. The summed E-state index contributed by atoms with van der Waals surface area (Å²) in [5.41, 5.74) is 2.03. The molecule has 1 N–H and O–H groups in total. The molecule has 2 aromatic rings. The summed E-state index contributed by atoms with van der Waals surface area (Å²) in [5.74, 6) is 1.55. The number of benzene rings is 1. The van der Waals surface area contributed by atoms with E-state index in [-0.39, 0.29) is 6.04 Å². The van der Waals surface area contributed by atoms with Gasteiger partial charge in [-0.2, -0.15) is 0 Å². The number of aromatic nitrogens is 3. The Hall–Kier alpha value is -2.08. The minimum atomic E-state index is 0.121. The zero-order chi connectivity index (χ0) is 14.5. The summed E-state index contributed by atoms with van der Waals surface area (Å²) >= 11 is 0. The molecule has 0 spiro atoms. The molecular weight excluding hydrogens is 256 g/mol. The van der Waals surface area contributed by atoms with Gasteiger partial charge in [0.25, 0.3) is 0 Å². The van der Waals surface area contributed by atoms with Gasteiger partial charge in [-0.25, -0.2) is 0 Å². The molecule has 1 heterocycles. The zero-order valence-corrected chi connectivity index (χ0v) is 12.3. The fourth-order valence-electron chi connectivity index (χ4n) is 2.12. The second kappa shape index (κ2) is 6.38. The number of rotatable bonds is 6. The average Bonchev–Trinajstić information content (AvgIpc) is 2.89. The van der Waals surface area contributed by atoms with E-state index in [0.29, 0.717) is 0 Å². The molecule has 2 rings (SSSR count). The van der Waals surface area contributed by atoms with Crippen LogP contribution in [-0.4, -0.2) is 36.3 Å². The van der Waals surface area contributed by atoms with E-state index in [2.05, 4.69) is 15.6 Å². The first kappa shape index (κ1) is 14.3. The third-order valence-corrected chi connectivity index (χ3v) is 3.19. The standard InChI is InChI=1S/C14H20N4O2/c1-15-14(7-11-9-18(2)17-16-11)10-5-12(19-3)8-13(6-10)20-4/h5-6,8-9,14-15H,7H2,1-4H3. The highest BCUT2D eigenvalue weighted by atomic mass is 16.5. The van der Waals surface area contributed by atoms with Crippen molar-refractivity contribution >= 4 is 0 Å². The van der Waals surface area contributed by atoms with Gasteiger partial charge in [0.2, 0.25) is 0 Å². The maximum atomic E-state index is 5.31. The van der Waals surface area contributed by atoms with Crippen molar-refractivity contribution in [1.82, 2.24) is 20.3 Å². The van der Waals surface area contributed by atoms with Crippen molar-refractivity contribution in [3.8, 4) is 11.5 Å². The van der Waals surface area contributed by atoms with Crippen LogP contribution in [0.1, 0.15) is 17.3 Å². The van der Waals surface area contributed by atoms with Crippen LogP contribution >= 0.6 is 0 Å². The Labute approximate surface area is 118 Å². The van der Waals surface area contributed by atoms with Gasteiger partial charge in [0.1, 0.15) is 11.5 Å². The minimum Gasteiger partial charge on any atom is -0.497 e. The molecule has 0 aliphatic carbocycles. The van der Waals surface area contributed by atoms with E-state index in [1.807, 2.05) is 38.5 Å². The van der Waals surface area contributed by atoms with E-state index >= 15 is 0 Å². The van der Waals surface area contributed by atoms with Crippen LogP contribution in [0.25, 0.3) is 0 Å². The van der Waals surface area contributed by atoms with Crippen LogP contribution < -0.4 is 14.8 Å². The summed E-state index contributed by atoms with van der Waals surface area (Å²) < 4.78 is 12.3. The number of aryl methyl sites for hydroxylation is 1. The molecule has 0 amide bonds. The number of nitrogens with one attached hydrogen (secondary N) is 1. The second-order valence-corrected chi connectivity index (χ2v) is 4.57. The Kier molecular flexibility index (Phi) is 4.57. The molecule has 0 bridgehead atoms. The summed E-state index contributed by atoms with van der Waals surface area (Å²) in [4.78, 5) is 0. The van der Waals surface area contributed by atoms with Gasteiger partial charge in [-0.15, -0.1) is 5.10 Å². The highest BCUT2D eigenvalue weighted by Crippen LogP contribution is 2.27. The first-order chi connectivity index (χ1) is 9.66. The van der Waals surface area contributed by atoms with Crippen LogP contribution in [0.4, 0.5) is 0 Å². The predicted octanol–water partition coefficient (Wildman–Crippen LogP) is 1.34. The molecule has 0 saturated carbocycles. The lowest BCUT2D eigenvalue weighted by molar-refractivity contribution is 0.391. The van der Waals surface area contributed by atoms with Crippen molar-refractivity contribution < 1.29 is 9.47 Å². The molecule has 0 radical (unpaired) electrons. The maximum absolute atomic E-state index is 5.31. The van der Waals surface area contributed by atoms with Crippen LogP contribution in [0.5, 0.6) is 11.5 Å². The van der Waals surface area contributed by atoms with Crippen molar-refractivity contribution in [3.05, 3.63) is 35.7 Å². The third kappa shape index (κ3) is 3.27. The first-order valence-corrected chi connectivity index (χ1v) is 6.41. The largest absolute Gasteiger partial charge is 0.497 e. The Bertz CT molecular complexity index is 546. The van der Waals surface area contributed by atoms with E-state index in [4.69, 9.17) is 9.47 Å². The molecule has 0 fully saturated rings. The number of ether oxygens (including phenoxy) is 2. The van der Waals surface area contributed by atoms with Gasteiger partial charge in [0.15, 0.2) is 0 Å². The topological polar surface area (TPSA) is 61.2 Å². The summed E-state index contributed by atoms with van der Waals surface area (Å²) in [6.45, 7) is 0. The molecule has 1 aromatic carbocycles. The Morgan fingerprint density at radius 2 is 1.85 bits per heavy atom. The second-order valence-electron chi connectivity index (χ2n) is 4.57. The number of methoxy groups -OCH3 is 2. The van der Waals surface area contributed by atoms with Gasteiger partial charge < -0.3 is 14.8 Å². The molecular formula is C14H20N4O2. The molecule has 0 saturated heterocycles. The van der Waals surface area contributed by atoms with Crippen molar-refractivity contribution in [3.63, 3.8) is 0 Å². The maximum Gasteiger partial charge on any atom is 0.122 e. The normalized spacial score (nSPS) is 12.2. The van der Waals surface area contributed by atoms with Crippen LogP contribution in [0, 0.1) is 0 Å². The van der Waals surface area contributed by atoms with E-state index < -0.39 is 0 Å². The van der Waals surface area contributed by atoms with E-state index in [0.717, 1.165) is 29.2 Å². The van der Waals surface area contributed by atoms with Gasteiger partial charge in [0, 0.05) is 31.8 Å². The smallest absolute Gasteiger partial charge is 0.122 e. The van der Waals surface area contributed by atoms with Crippen molar-refractivity contribution in [1.29, 1.82) is 0 Å². The summed E-state index contributed by atoms with van der Waals surface area (Å²) in [5, 5.41) is 11.4. The zero-order valence-electron chi connectivity index (χ0n) is 12.3. The molecule has 20 heavy (non-hydrogen) atoms. The van der Waals surface area contributed by atoms with Gasteiger partial charge in [-0.1, -0.05) is 5.21 Å². The van der Waals surface area contributed by atoms with Crippen molar-refractivity contribution in [2.45, 2.75) is 12.5 Å². The fourth-order valence-corrected chi connectivity index (χ4v) is 2.12. The number of hydrogen-bond donors (Lipinski definition) is 1. The third-order valence-electron chi connectivity index (χ3n) is 3.19. The molecule has 6 heteroatoms. The Morgan fingerprint density at radius 3 is 2.30 bits per heavy atom. The lowest BCUT2D eigenvalue weighted by atomic mass is 10.0. The monoisotopic (exact) mass is 276 g/mol. The molecule has 0 aliphatic rings. The first-order valence-electron chi connectivity index (χ1n) is 6.41. The Balaban J connectivity index is 2.26. The molecule has 1 atom stereocenters. The SMILES string of the molecule is CNC(Cc1cn(C)nn1)c1cc(OC)cc(OC)c1. The fraction of sp³-hybridized carbons (Fsp3) is 0.429. The lowest BCUT2D eigenvalue weighted by Gasteiger charge is -2.17. The molecule has 1 aromatic heterocycles.